The van der Waals surface area contributed by atoms with Crippen LogP contribution >= 0.6 is 11.3 Å². The molecule has 1 aromatic heterocycles. The second kappa shape index (κ2) is 10.1. The molecule has 0 saturated carbocycles. The lowest BCUT2D eigenvalue weighted by Gasteiger charge is -2.01. The topological polar surface area (TPSA) is 0 Å². The summed E-state index contributed by atoms with van der Waals surface area (Å²) in [5.74, 6) is 0. The molecular weight excluding hydrogens is 416 g/mol. The van der Waals surface area contributed by atoms with E-state index in [0.717, 1.165) is 0 Å². The number of hydrogen-bond donors (Lipinski definition) is 0. The molecule has 0 fully saturated rings. The molecule has 158 valence electrons. The van der Waals surface area contributed by atoms with E-state index in [4.69, 9.17) is 0 Å². The fourth-order valence-corrected chi connectivity index (χ4v) is 4.70. The Morgan fingerprint density at radius 1 is 0.333 bits per heavy atom. The zero-order chi connectivity index (χ0) is 22.3. The van der Waals surface area contributed by atoms with Crippen molar-refractivity contribution in [2.24, 2.45) is 0 Å². The van der Waals surface area contributed by atoms with Crippen molar-refractivity contribution in [3.05, 3.63) is 144 Å². The van der Waals surface area contributed by atoms with Gasteiger partial charge < -0.3 is 0 Å². The maximum absolute atomic E-state index is 2.22. The number of hydrogen-bond acceptors (Lipinski definition) is 1. The van der Waals surface area contributed by atoms with Gasteiger partial charge in [-0.3, -0.25) is 0 Å². The van der Waals surface area contributed by atoms with E-state index in [1.165, 1.54) is 43.1 Å². The number of benzene rings is 4. The largest absolute Gasteiger partial charge is 0.135 e. The fourth-order valence-electron chi connectivity index (χ4n) is 3.68. The molecule has 33 heavy (non-hydrogen) atoms. The van der Waals surface area contributed by atoms with E-state index in [-0.39, 0.29) is 0 Å². The highest BCUT2D eigenvalue weighted by Crippen LogP contribution is 2.34. The normalized spacial score (nSPS) is 11.4. The summed E-state index contributed by atoms with van der Waals surface area (Å²) >= 11 is 1.84. The van der Waals surface area contributed by atoms with Crippen LogP contribution in [0.15, 0.2) is 121 Å². The van der Waals surface area contributed by atoms with Crippen molar-refractivity contribution < 1.29 is 0 Å². The molecule has 0 aliphatic rings. The van der Waals surface area contributed by atoms with E-state index in [2.05, 4.69) is 133 Å². The first-order chi connectivity index (χ1) is 16.3. The standard InChI is InChI=1S/C32H24S/c1-3-7-25(8-4-1)11-13-27-15-19-29(20-16-27)31-23-24-32(33-31)30-21-17-28(18-22-30)14-12-26-9-5-2-6-10-26/h1-24H. The summed E-state index contributed by atoms with van der Waals surface area (Å²) in [6, 6.07) is 42.8. The average Bonchev–Trinajstić information content (AvgIpc) is 3.38. The van der Waals surface area contributed by atoms with Gasteiger partial charge in [0.1, 0.15) is 0 Å². The molecule has 1 heteroatoms. The quantitative estimate of drug-likeness (QED) is 0.231. The molecule has 0 nitrogen and oxygen atoms in total. The van der Waals surface area contributed by atoms with Crippen LogP contribution in [0.1, 0.15) is 22.3 Å². The van der Waals surface area contributed by atoms with Crippen LogP contribution in [0.2, 0.25) is 0 Å². The summed E-state index contributed by atoms with van der Waals surface area (Å²) < 4.78 is 0. The molecule has 0 N–H and O–H groups in total. The lowest BCUT2D eigenvalue weighted by molar-refractivity contribution is 1.64. The maximum atomic E-state index is 2.22. The summed E-state index contributed by atoms with van der Waals surface area (Å²) in [5, 5.41) is 0. The minimum Gasteiger partial charge on any atom is -0.135 e. The second-order valence-electron chi connectivity index (χ2n) is 7.90. The average molecular weight is 441 g/mol. The van der Waals surface area contributed by atoms with Gasteiger partial charge in [0.2, 0.25) is 0 Å². The minimum absolute atomic E-state index is 1.21. The molecule has 0 amide bonds. The number of rotatable bonds is 6. The third-order valence-electron chi connectivity index (χ3n) is 5.53. The van der Waals surface area contributed by atoms with Crippen LogP contribution in [0.3, 0.4) is 0 Å². The third kappa shape index (κ3) is 5.46. The molecule has 5 aromatic rings. The summed E-state index contributed by atoms with van der Waals surface area (Å²) in [5.41, 5.74) is 7.35. The summed E-state index contributed by atoms with van der Waals surface area (Å²) in [6.07, 6.45) is 8.62. The Kier molecular flexibility index (Phi) is 6.42. The highest BCUT2D eigenvalue weighted by atomic mass is 32.1. The Morgan fingerprint density at radius 2 is 0.667 bits per heavy atom. The van der Waals surface area contributed by atoms with Crippen LogP contribution < -0.4 is 0 Å². The molecule has 0 spiro atoms. The molecule has 0 bridgehead atoms. The molecular formula is C32H24S. The second-order valence-corrected chi connectivity index (χ2v) is 8.98. The third-order valence-corrected chi connectivity index (χ3v) is 6.72. The predicted octanol–water partition coefficient (Wildman–Crippen LogP) is 9.42. The van der Waals surface area contributed by atoms with E-state index in [0.29, 0.717) is 0 Å². The molecule has 0 aliphatic carbocycles. The summed E-state index contributed by atoms with van der Waals surface area (Å²) in [7, 11) is 0. The summed E-state index contributed by atoms with van der Waals surface area (Å²) in [6.45, 7) is 0. The van der Waals surface area contributed by atoms with E-state index in [1.54, 1.807) is 0 Å². The molecule has 4 aromatic carbocycles. The maximum Gasteiger partial charge on any atom is 0.0349 e. The van der Waals surface area contributed by atoms with Gasteiger partial charge in [0.15, 0.2) is 0 Å². The van der Waals surface area contributed by atoms with Crippen LogP contribution in [-0.4, -0.2) is 0 Å². The lowest BCUT2D eigenvalue weighted by atomic mass is 10.1. The van der Waals surface area contributed by atoms with Crippen LogP contribution in [0.4, 0.5) is 0 Å². The lowest BCUT2D eigenvalue weighted by Crippen LogP contribution is -1.76. The number of thiophene rings is 1. The van der Waals surface area contributed by atoms with E-state index in [9.17, 15) is 0 Å². The zero-order valence-corrected chi connectivity index (χ0v) is 19.1. The van der Waals surface area contributed by atoms with Crippen LogP contribution in [0.25, 0.3) is 45.2 Å². The Bertz CT molecular complexity index is 1250. The Hall–Kier alpha value is -3.94. The van der Waals surface area contributed by atoms with Gasteiger partial charge in [-0.05, 0) is 45.5 Å². The fraction of sp³-hybridized carbons (Fsp3) is 0. The Labute approximate surface area is 199 Å². The van der Waals surface area contributed by atoms with Crippen molar-refractivity contribution in [3.63, 3.8) is 0 Å². The highest BCUT2D eigenvalue weighted by molar-refractivity contribution is 7.18. The van der Waals surface area contributed by atoms with Gasteiger partial charge in [0.05, 0.1) is 0 Å². The van der Waals surface area contributed by atoms with Crippen LogP contribution in [0.5, 0.6) is 0 Å². The molecule has 0 atom stereocenters. The van der Waals surface area contributed by atoms with Crippen molar-refractivity contribution in [1.82, 2.24) is 0 Å². The van der Waals surface area contributed by atoms with Gasteiger partial charge in [0, 0.05) is 9.75 Å². The molecule has 1 heterocycles. The molecule has 0 unspecified atom stereocenters. The van der Waals surface area contributed by atoms with E-state index < -0.39 is 0 Å². The van der Waals surface area contributed by atoms with Crippen LogP contribution in [-0.2, 0) is 0 Å². The Balaban J connectivity index is 1.27. The highest BCUT2D eigenvalue weighted by Gasteiger charge is 2.05. The van der Waals surface area contributed by atoms with Gasteiger partial charge in [-0.25, -0.2) is 0 Å². The van der Waals surface area contributed by atoms with Crippen LogP contribution in [0, 0.1) is 0 Å². The van der Waals surface area contributed by atoms with Gasteiger partial charge in [-0.15, -0.1) is 11.3 Å². The Morgan fingerprint density at radius 3 is 1.03 bits per heavy atom. The molecule has 5 rings (SSSR count). The van der Waals surface area contributed by atoms with Gasteiger partial charge in [0.25, 0.3) is 0 Å². The molecule has 0 aliphatic heterocycles. The first-order valence-corrected chi connectivity index (χ1v) is 11.9. The van der Waals surface area contributed by atoms with Gasteiger partial charge in [-0.1, -0.05) is 133 Å². The van der Waals surface area contributed by atoms with Crippen molar-refractivity contribution >= 4 is 35.6 Å². The first kappa shape index (κ1) is 20.9. The summed E-state index contributed by atoms with van der Waals surface area (Å²) in [4.78, 5) is 2.58. The van der Waals surface area contributed by atoms with Crippen molar-refractivity contribution in [2.45, 2.75) is 0 Å². The zero-order valence-electron chi connectivity index (χ0n) is 18.3. The first-order valence-electron chi connectivity index (χ1n) is 11.1. The monoisotopic (exact) mass is 440 g/mol. The van der Waals surface area contributed by atoms with E-state index >= 15 is 0 Å². The molecule has 0 radical (unpaired) electrons. The molecule has 0 saturated heterocycles. The van der Waals surface area contributed by atoms with Crippen molar-refractivity contribution in [3.8, 4) is 20.9 Å². The smallest absolute Gasteiger partial charge is 0.0349 e. The van der Waals surface area contributed by atoms with E-state index in [1.807, 2.05) is 23.5 Å². The minimum atomic E-state index is 1.21. The van der Waals surface area contributed by atoms with Gasteiger partial charge in [-0.2, -0.15) is 0 Å². The van der Waals surface area contributed by atoms with Crippen molar-refractivity contribution in [1.29, 1.82) is 0 Å². The van der Waals surface area contributed by atoms with Gasteiger partial charge >= 0.3 is 0 Å². The SMILES string of the molecule is C(=Cc1ccc(-c2ccc(-c3ccc(C=Cc4ccccc4)cc3)s2)cc1)c1ccccc1. The van der Waals surface area contributed by atoms with Crippen molar-refractivity contribution in [2.75, 3.05) is 0 Å². The predicted molar refractivity (Wildman–Crippen MR) is 146 cm³/mol.